The van der Waals surface area contributed by atoms with Crippen molar-refractivity contribution in [2.24, 2.45) is 0 Å². The van der Waals surface area contributed by atoms with E-state index in [0.29, 0.717) is 18.9 Å². The van der Waals surface area contributed by atoms with Gasteiger partial charge in [-0.25, -0.2) is 9.37 Å². The highest BCUT2D eigenvalue weighted by molar-refractivity contribution is 7.09. The predicted molar refractivity (Wildman–Crippen MR) is 71.7 cm³/mol. The number of rotatable bonds is 5. The molecular formula is C13H15FN2OS. The van der Waals surface area contributed by atoms with Crippen molar-refractivity contribution < 1.29 is 9.13 Å². The Balaban J connectivity index is 2.11. The highest BCUT2D eigenvalue weighted by Gasteiger charge is 2.06. The number of halogens is 1. The van der Waals surface area contributed by atoms with E-state index in [-0.39, 0.29) is 5.82 Å². The van der Waals surface area contributed by atoms with E-state index in [9.17, 15) is 4.39 Å². The van der Waals surface area contributed by atoms with Gasteiger partial charge in [0.25, 0.3) is 0 Å². The molecule has 5 heteroatoms. The average molecular weight is 266 g/mol. The Labute approximate surface area is 110 Å². The van der Waals surface area contributed by atoms with Crippen molar-refractivity contribution in [1.82, 2.24) is 4.98 Å². The number of thiazole rings is 1. The van der Waals surface area contributed by atoms with E-state index < -0.39 is 0 Å². The largest absolute Gasteiger partial charge is 0.492 e. The van der Waals surface area contributed by atoms with Gasteiger partial charge in [-0.1, -0.05) is 0 Å². The summed E-state index contributed by atoms with van der Waals surface area (Å²) >= 11 is 1.60. The van der Waals surface area contributed by atoms with E-state index in [1.165, 1.54) is 17.0 Å². The lowest BCUT2D eigenvalue weighted by molar-refractivity contribution is 0.340. The molecule has 96 valence electrons. The first-order valence-electron chi connectivity index (χ1n) is 5.76. The summed E-state index contributed by atoms with van der Waals surface area (Å²) in [4.78, 5) is 5.36. The Morgan fingerprint density at radius 2 is 2.28 bits per heavy atom. The Kier molecular flexibility index (Phi) is 4.15. The van der Waals surface area contributed by atoms with Gasteiger partial charge in [0.1, 0.15) is 11.6 Å². The molecule has 0 bridgehead atoms. The van der Waals surface area contributed by atoms with Crippen LogP contribution in [0.4, 0.5) is 10.1 Å². The number of benzene rings is 1. The van der Waals surface area contributed by atoms with Crippen LogP contribution in [0.3, 0.4) is 0 Å². The molecule has 2 rings (SSSR count). The fourth-order valence-electron chi connectivity index (χ4n) is 1.59. The summed E-state index contributed by atoms with van der Waals surface area (Å²) in [5, 5.41) is 3.25. The van der Waals surface area contributed by atoms with E-state index in [2.05, 4.69) is 10.3 Å². The van der Waals surface area contributed by atoms with E-state index in [0.717, 1.165) is 11.4 Å². The Morgan fingerprint density at radius 1 is 1.44 bits per heavy atom. The zero-order valence-electron chi connectivity index (χ0n) is 10.4. The van der Waals surface area contributed by atoms with E-state index >= 15 is 0 Å². The van der Waals surface area contributed by atoms with E-state index in [1.54, 1.807) is 17.4 Å². The molecule has 0 aliphatic carbocycles. The molecule has 1 aromatic heterocycles. The summed E-state index contributed by atoms with van der Waals surface area (Å²) in [5.41, 5.74) is 3.64. The molecule has 2 aromatic rings. The number of ether oxygens (including phenoxy) is 1. The first-order valence-corrected chi connectivity index (χ1v) is 6.64. The highest BCUT2D eigenvalue weighted by Crippen LogP contribution is 2.26. The number of hydrogen-bond acceptors (Lipinski definition) is 4. The maximum atomic E-state index is 13.1. The average Bonchev–Trinajstić information content (AvgIpc) is 2.74. The quantitative estimate of drug-likeness (QED) is 0.897. The lowest BCUT2D eigenvalue weighted by Gasteiger charge is -2.12. The molecule has 0 saturated carbocycles. The van der Waals surface area contributed by atoms with Crippen molar-refractivity contribution in [1.29, 1.82) is 0 Å². The van der Waals surface area contributed by atoms with Crippen LogP contribution in [-0.2, 0) is 6.54 Å². The molecule has 0 radical (unpaired) electrons. The van der Waals surface area contributed by atoms with Gasteiger partial charge in [0.2, 0.25) is 0 Å². The molecule has 0 fully saturated rings. The molecule has 0 spiro atoms. The molecule has 0 aliphatic rings. The predicted octanol–water partition coefficient (Wildman–Crippen LogP) is 3.60. The number of aromatic nitrogens is 1. The Bertz CT molecular complexity index is 527. The van der Waals surface area contributed by atoms with Crippen molar-refractivity contribution in [2.75, 3.05) is 11.9 Å². The topological polar surface area (TPSA) is 34.1 Å². The summed E-state index contributed by atoms with van der Waals surface area (Å²) in [5.74, 6) is 0.248. The van der Waals surface area contributed by atoms with Crippen molar-refractivity contribution in [2.45, 2.75) is 20.4 Å². The van der Waals surface area contributed by atoms with Crippen LogP contribution in [0.5, 0.6) is 5.75 Å². The van der Waals surface area contributed by atoms with Gasteiger partial charge in [0.05, 0.1) is 30.0 Å². The first-order chi connectivity index (χ1) is 8.70. The lowest BCUT2D eigenvalue weighted by Crippen LogP contribution is -2.03. The van der Waals surface area contributed by atoms with Crippen LogP contribution in [0.25, 0.3) is 0 Å². The van der Waals surface area contributed by atoms with Crippen molar-refractivity contribution in [3.05, 3.63) is 40.1 Å². The third-order valence-electron chi connectivity index (χ3n) is 2.53. The SMILES string of the molecule is CCOc1cc(F)ccc1NCc1scnc1C. The van der Waals surface area contributed by atoms with Gasteiger partial charge in [-0.3, -0.25) is 0 Å². The van der Waals surface area contributed by atoms with Crippen LogP contribution >= 0.6 is 11.3 Å². The molecular weight excluding hydrogens is 251 g/mol. The molecule has 18 heavy (non-hydrogen) atoms. The highest BCUT2D eigenvalue weighted by atomic mass is 32.1. The summed E-state index contributed by atoms with van der Waals surface area (Å²) in [6.45, 7) is 5.03. The molecule has 0 amide bonds. The van der Waals surface area contributed by atoms with Gasteiger partial charge < -0.3 is 10.1 Å². The van der Waals surface area contributed by atoms with E-state index in [4.69, 9.17) is 4.74 Å². The Morgan fingerprint density at radius 3 is 2.94 bits per heavy atom. The fourth-order valence-corrected chi connectivity index (χ4v) is 2.31. The third-order valence-corrected chi connectivity index (χ3v) is 3.46. The van der Waals surface area contributed by atoms with Crippen LogP contribution in [0, 0.1) is 12.7 Å². The fraction of sp³-hybridized carbons (Fsp3) is 0.308. The maximum absolute atomic E-state index is 13.1. The number of anilines is 1. The third kappa shape index (κ3) is 2.98. The van der Waals surface area contributed by atoms with Crippen LogP contribution in [-0.4, -0.2) is 11.6 Å². The summed E-state index contributed by atoms with van der Waals surface area (Å²) in [7, 11) is 0. The van der Waals surface area contributed by atoms with Crippen molar-refractivity contribution in [3.63, 3.8) is 0 Å². The van der Waals surface area contributed by atoms with E-state index in [1.807, 2.05) is 19.4 Å². The normalized spacial score (nSPS) is 10.4. The zero-order chi connectivity index (χ0) is 13.0. The number of nitrogens with one attached hydrogen (secondary N) is 1. The number of nitrogens with zero attached hydrogens (tertiary/aromatic N) is 1. The summed E-state index contributed by atoms with van der Waals surface area (Å²) in [6, 6.07) is 4.51. The van der Waals surface area contributed by atoms with Crippen LogP contribution < -0.4 is 10.1 Å². The second-order valence-electron chi connectivity index (χ2n) is 3.79. The van der Waals surface area contributed by atoms with Gasteiger partial charge in [-0.05, 0) is 26.0 Å². The summed E-state index contributed by atoms with van der Waals surface area (Å²) < 4.78 is 18.5. The molecule has 3 nitrogen and oxygen atoms in total. The number of hydrogen-bond donors (Lipinski definition) is 1. The minimum absolute atomic E-state index is 0.294. The van der Waals surface area contributed by atoms with Crippen molar-refractivity contribution in [3.8, 4) is 5.75 Å². The maximum Gasteiger partial charge on any atom is 0.145 e. The minimum Gasteiger partial charge on any atom is -0.492 e. The van der Waals surface area contributed by atoms with Gasteiger partial charge in [-0.2, -0.15) is 0 Å². The zero-order valence-corrected chi connectivity index (χ0v) is 11.2. The molecule has 1 heterocycles. The minimum atomic E-state index is -0.294. The van der Waals surface area contributed by atoms with Gasteiger partial charge in [0.15, 0.2) is 0 Å². The van der Waals surface area contributed by atoms with Crippen LogP contribution in [0.15, 0.2) is 23.7 Å². The van der Waals surface area contributed by atoms with Crippen LogP contribution in [0.2, 0.25) is 0 Å². The van der Waals surface area contributed by atoms with Gasteiger partial charge >= 0.3 is 0 Å². The molecule has 0 unspecified atom stereocenters. The second kappa shape index (κ2) is 5.82. The molecule has 0 aliphatic heterocycles. The Hall–Kier alpha value is -1.62. The second-order valence-corrected chi connectivity index (χ2v) is 4.73. The molecule has 0 saturated heterocycles. The standard InChI is InChI=1S/C13H15FN2OS/c1-3-17-12-6-10(14)4-5-11(12)15-7-13-9(2)16-8-18-13/h4-6,8,15H,3,7H2,1-2H3. The molecule has 1 N–H and O–H groups in total. The lowest BCUT2D eigenvalue weighted by atomic mass is 10.2. The molecule has 0 atom stereocenters. The van der Waals surface area contributed by atoms with Gasteiger partial charge in [0, 0.05) is 10.9 Å². The smallest absolute Gasteiger partial charge is 0.145 e. The monoisotopic (exact) mass is 266 g/mol. The van der Waals surface area contributed by atoms with Gasteiger partial charge in [-0.15, -0.1) is 11.3 Å². The van der Waals surface area contributed by atoms with Crippen molar-refractivity contribution >= 4 is 17.0 Å². The molecule has 1 aromatic carbocycles. The summed E-state index contributed by atoms with van der Waals surface area (Å²) in [6.07, 6.45) is 0. The number of aryl methyl sites for hydroxylation is 1. The van der Waals surface area contributed by atoms with Crippen LogP contribution in [0.1, 0.15) is 17.5 Å². The first kappa shape index (κ1) is 12.8.